The molecule has 6 nitrogen and oxygen atoms in total. The van der Waals surface area contributed by atoms with Gasteiger partial charge in [0.2, 0.25) is 0 Å². The number of nitrogens with one attached hydrogen (secondary N) is 1. The van der Waals surface area contributed by atoms with Crippen LogP contribution < -0.4 is 5.32 Å². The number of benzene rings is 1. The number of hydrogen-bond acceptors (Lipinski definition) is 4. The topological polar surface area (TPSA) is 92.5 Å². The minimum absolute atomic E-state index is 0.0262. The fourth-order valence-electron chi connectivity index (χ4n) is 1.15. The average molecular weight is 264 g/mol. The van der Waals surface area contributed by atoms with Gasteiger partial charge in [-0.2, -0.15) is 13.2 Å². The molecule has 0 unspecified atom stereocenters. The van der Waals surface area contributed by atoms with Gasteiger partial charge < -0.3 is 10.4 Å². The van der Waals surface area contributed by atoms with Gasteiger partial charge in [-0.3, -0.25) is 14.9 Å². The van der Waals surface area contributed by atoms with Crippen LogP contribution in [0.2, 0.25) is 0 Å². The average Bonchev–Trinajstić information content (AvgIpc) is 2.22. The first-order chi connectivity index (χ1) is 8.12. The molecular weight excluding hydrogens is 257 g/mol. The van der Waals surface area contributed by atoms with Crippen LogP contribution in [0.1, 0.15) is 5.56 Å². The smallest absolute Gasteiger partial charge is 0.471 e. The number of carbonyl (C=O) groups is 1. The van der Waals surface area contributed by atoms with Crippen LogP contribution >= 0.6 is 0 Å². The molecule has 1 amide bonds. The van der Waals surface area contributed by atoms with Gasteiger partial charge in [-0.25, -0.2) is 0 Å². The summed E-state index contributed by atoms with van der Waals surface area (Å²) in [6.45, 7) is 1.26. The molecule has 0 aliphatic rings. The van der Waals surface area contributed by atoms with E-state index in [2.05, 4.69) is 0 Å². The number of nitrogens with zero attached hydrogens (tertiary/aromatic N) is 1. The van der Waals surface area contributed by atoms with Gasteiger partial charge in [0.05, 0.1) is 10.6 Å². The minimum atomic E-state index is -5.15. The summed E-state index contributed by atoms with van der Waals surface area (Å²) in [5.41, 5.74) is -1.23. The minimum Gasteiger partial charge on any atom is -0.505 e. The van der Waals surface area contributed by atoms with Crippen molar-refractivity contribution in [2.45, 2.75) is 13.1 Å². The fourth-order valence-corrected chi connectivity index (χ4v) is 1.15. The molecule has 2 N–H and O–H groups in total. The summed E-state index contributed by atoms with van der Waals surface area (Å²) >= 11 is 0. The van der Waals surface area contributed by atoms with Crippen LogP contribution in [-0.4, -0.2) is 22.1 Å². The van der Waals surface area contributed by atoms with Gasteiger partial charge in [0.1, 0.15) is 5.75 Å². The van der Waals surface area contributed by atoms with E-state index in [1.165, 1.54) is 12.2 Å². The van der Waals surface area contributed by atoms with Gasteiger partial charge in [0.25, 0.3) is 5.69 Å². The molecule has 18 heavy (non-hydrogen) atoms. The van der Waals surface area contributed by atoms with E-state index in [1.807, 2.05) is 0 Å². The SMILES string of the molecule is Cc1cc([N+](=O)[O-])cc(NC(=O)C(F)(F)F)c1O. The van der Waals surface area contributed by atoms with E-state index >= 15 is 0 Å². The van der Waals surface area contributed by atoms with Gasteiger partial charge in [-0.05, 0) is 12.5 Å². The van der Waals surface area contributed by atoms with Crippen LogP contribution in [0.15, 0.2) is 12.1 Å². The highest BCUT2D eigenvalue weighted by Crippen LogP contribution is 2.33. The van der Waals surface area contributed by atoms with Crippen molar-refractivity contribution in [1.29, 1.82) is 0 Å². The number of hydrogen-bond donors (Lipinski definition) is 2. The lowest BCUT2D eigenvalue weighted by Crippen LogP contribution is -2.30. The Morgan fingerprint density at radius 3 is 2.44 bits per heavy atom. The Kier molecular flexibility index (Phi) is 3.44. The van der Waals surface area contributed by atoms with Crippen LogP contribution in [0, 0.1) is 17.0 Å². The van der Waals surface area contributed by atoms with Gasteiger partial charge in [0, 0.05) is 12.1 Å². The van der Waals surface area contributed by atoms with E-state index in [9.17, 15) is 33.2 Å². The number of alkyl halides is 3. The van der Waals surface area contributed by atoms with E-state index < -0.39 is 34.1 Å². The number of phenols is 1. The molecule has 0 bridgehead atoms. The molecule has 0 aromatic heterocycles. The summed E-state index contributed by atoms with van der Waals surface area (Å²) in [5.74, 6) is -2.98. The van der Waals surface area contributed by atoms with Crippen LogP contribution in [0.4, 0.5) is 24.5 Å². The van der Waals surface area contributed by atoms with Crippen LogP contribution in [0.5, 0.6) is 5.75 Å². The first-order valence-electron chi connectivity index (χ1n) is 4.49. The zero-order valence-corrected chi connectivity index (χ0v) is 8.91. The van der Waals surface area contributed by atoms with Crippen molar-refractivity contribution < 1.29 is 28.0 Å². The van der Waals surface area contributed by atoms with Crippen molar-refractivity contribution in [2.75, 3.05) is 5.32 Å². The molecule has 0 saturated heterocycles. The molecule has 0 aliphatic carbocycles. The number of aromatic hydroxyl groups is 1. The first-order valence-corrected chi connectivity index (χ1v) is 4.49. The molecular formula is C9H7F3N2O4. The summed E-state index contributed by atoms with van der Waals surface area (Å²) in [7, 11) is 0. The molecule has 0 aliphatic heterocycles. The Morgan fingerprint density at radius 2 is 2.00 bits per heavy atom. The molecule has 0 heterocycles. The maximum Gasteiger partial charge on any atom is 0.471 e. The number of amides is 1. The fraction of sp³-hybridized carbons (Fsp3) is 0.222. The molecule has 0 saturated carbocycles. The molecule has 1 rings (SSSR count). The number of halogens is 3. The highest BCUT2D eigenvalue weighted by Gasteiger charge is 2.39. The molecule has 98 valence electrons. The molecule has 0 atom stereocenters. The number of phenolic OH excluding ortho intramolecular Hbond substituents is 1. The van der Waals surface area contributed by atoms with Crippen LogP contribution in [0.3, 0.4) is 0 Å². The van der Waals surface area contributed by atoms with E-state index in [1.54, 1.807) is 0 Å². The summed E-state index contributed by atoms with van der Waals surface area (Å²) in [5, 5.41) is 21.3. The second-order valence-electron chi connectivity index (χ2n) is 3.37. The second-order valence-corrected chi connectivity index (χ2v) is 3.37. The number of nitro benzene ring substituents is 1. The number of anilines is 1. The third kappa shape index (κ3) is 2.87. The predicted octanol–water partition coefficient (Wildman–Crippen LogP) is 2.11. The van der Waals surface area contributed by atoms with Crippen molar-refractivity contribution in [3.8, 4) is 5.75 Å². The maximum atomic E-state index is 12.0. The molecule has 0 radical (unpaired) electrons. The Balaban J connectivity index is 3.17. The van der Waals surface area contributed by atoms with Crippen molar-refractivity contribution in [2.24, 2.45) is 0 Å². The Labute approximate surface area is 98.2 Å². The van der Waals surface area contributed by atoms with Gasteiger partial charge >= 0.3 is 12.1 Å². The lowest BCUT2D eigenvalue weighted by molar-refractivity contribution is -0.384. The van der Waals surface area contributed by atoms with Gasteiger partial charge in [-0.1, -0.05) is 0 Å². The monoisotopic (exact) mass is 264 g/mol. The van der Waals surface area contributed by atoms with Crippen molar-refractivity contribution >= 4 is 17.3 Å². The van der Waals surface area contributed by atoms with E-state index in [-0.39, 0.29) is 5.56 Å². The largest absolute Gasteiger partial charge is 0.505 e. The standard InChI is InChI=1S/C9H7F3N2O4/c1-4-2-5(14(17)18)3-6(7(4)15)13-8(16)9(10,11)12/h2-3,15H,1H3,(H,13,16). The zero-order chi connectivity index (χ0) is 14.1. The van der Waals surface area contributed by atoms with Crippen molar-refractivity contribution in [1.82, 2.24) is 0 Å². The highest BCUT2D eigenvalue weighted by molar-refractivity contribution is 5.96. The molecule has 0 fully saturated rings. The summed E-state index contributed by atoms with van der Waals surface area (Å²) < 4.78 is 36.0. The maximum absolute atomic E-state index is 12.0. The number of rotatable bonds is 2. The van der Waals surface area contributed by atoms with Gasteiger partial charge in [-0.15, -0.1) is 0 Å². The third-order valence-corrected chi connectivity index (χ3v) is 2.00. The Morgan fingerprint density at radius 1 is 1.44 bits per heavy atom. The highest BCUT2D eigenvalue weighted by atomic mass is 19.4. The molecule has 9 heteroatoms. The third-order valence-electron chi connectivity index (χ3n) is 2.00. The van der Waals surface area contributed by atoms with Crippen LogP contribution in [0.25, 0.3) is 0 Å². The molecule has 1 aromatic rings. The van der Waals surface area contributed by atoms with Crippen molar-refractivity contribution in [3.05, 3.63) is 27.8 Å². The number of nitro groups is 1. The van der Waals surface area contributed by atoms with E-state index in [0.29, 0.717) is 6.07 Å². The lowest BCUT2D eigenvalue weighted by Gasteiger charge is -2.10. The first kappa shape index (κ1) is 13.7. The quantitative estimate of drug-likeness (QED) is 0.486. The Hall–Kier alpha value is -2.32. The van der Waals surface area contributed by atoms with Gasteiger partial charge in [0.15, 0.2) is 0 Å². The Bertz CT molecular complexity index is 513. The number of carbonyl (C=O) groups excluding carboxylic acids is 1. The second kappa shape index (κ2) is 4.51. The van der Waals surface area contributed by atoms with Crippen LogP contribution in [-0.2, 0) is 4.79 Å². The number of aryl methyl sites for hydroxylation is 1. The normalized spacial score (nSPS) is 11.1. The lowest BCUT2D eigenvalue weighted by atomic mass is 10.1. The number of non-ortho nitro benzene ring substituents is 1. The summed E-state index contributed by atoms with van der Waals surface area (Å²) in [6.07, 6.45) is -5.15. The van der Waals surface area contributed by atoms with Crippen molar-refractivity contribution in [3.63, 3.8) is 0 Å². The summed E-state index contributed by atoms with van der Waals surface area (Å²) in [4.78, 5) is 20.3. The molecule has 0 spiro atoms. The zero-order valence-electron chi connectivity index (χ0n) is 8.91. The summed E-state index contributed by atoms with van der Waals surface area (Å²) in [6, 6.07) is 1.62. The predicted molar refractivity (Wildman–Crippen MR) is 54.2 cm³/mol. The molecule has 1 aromatic carbocycles. The van der Waals surface area contributed by atoms with E-state index in [4.69, 9.17) is 0 Å². The van der Waals surface area contributed by atoms with E-state index in [0.717, 1.165) is 6.07 Å².